The van der Waals surface area contributed by atoms with Crippen LogP contribution in [0.15, 0.2) is 48.5 Å². The van der Waals surface area contributed by atoms with Crippen molar-refractivity contribution >= 4 is 11.7 Å². The Labute approximate surface area is 182 Å². The lowest BCUT2D eigenvalue weighted by atomic mass is 10.0. The van der Waals surface area contributed by atoms with E-state index >= 15 is 0 Å². The van der Waals surface area contributed by atoms with Gasteiger partial charge < -0.3 is 10.2 Å². The van der Waals surface area contributed by atoms with Crippen molar-refractivity contribution in [1.82, 2.24) is 14.7 Å². The molecule has 4 rings (SSSR count). The number of urea groups is 1. The van der Waals surface area contributed by atoms with Crippen LogP contribution in [-0.2, 0) is 6.54 Å². The average molecular weight is 422 g/mol. The molecular weight excluding hydrogens is 393 g/mol. The van der Waals surface area contributed by atoms with Gasteiger partial charge in [-0.3, -0.25) is 9.80 Å². The summed E-state index contributed by atoms with van der Waals surface area (Å²) in [5, 5.41) is 11.9. The lowest BCUT2D eigenvalue weighted by Crippen LogP contribution is -2.54. The highest BCUT2D eigenvalue weighted by Gasteiger charge is 2.29. The van der Waals surface area contributed by atoms with Crippen LogP contribution in [-0.4, -0.2) is 66.0 Å². The first-order valence-electron chi connectivity index (χ1n) is 10.9. The van der Waals surface area contributed by atoms with Crippen molar-refractivity contribution in [3.63, 3.8) is 0 Å². The number of hydrogen-bond acceptors (Lipinski definition) is 4. The van der Waals surface area contributed by atoms with Gasteiger partial charge in [0.25, 0.3) is 0 Å². The minimum Gasteiger partial charge on any atom is -0.322 e. The molecule has 2 aromatic carbocycles. The number of carbonyl (C=O) groups excluding carboxylic acids is 1. The molecule has 162 valence electrons. The Balaban J connectivity index is 1.21. The van der Waals surface area contributed by atoms with Crippen molar-refractivity contribution in [2.75, 3.05) is 44.6 Å². The molecular formula is C24H28FN5O. The third-order valence-electron chi connectivity index (χ3n) is 6.21. The van der Waals surface area contributed by atoms with Crippen LogP contribution in [0.4, 0.5) is 14.9 Å². The Kier molecular flexibility index (Phi) is 6.80. The van der Waals surface area contributed by atoms with Crippen LogP contribution < -0.4 is 5.32 Å². The van der Waals surface area contributed by atoms with Crippen molar-refractivity contribution in [3.05, 3.63) is 65.5 Å². The van der Waals surface area contributed by atoms with Crippen LogP contribution in [0.2, 0.25) is 0 Å². The number of anilines is 1. The molecule has 2 aliphatic heterocycles. The van der Waals surface area contributed by atoms with Crippen molar-refractivity contribution in [2.24, 2.45) is 0 Å². The molecule has 0 spiro atoms. The van der Waals surface area contributed by atoms with Gasteiger partial charge in [0.2, 0.25) is 0 Å². The topological polar surface area (TPSA) is 62.6 Å². The highest BCUT2D eigenvalue weighted by molar-refractivity contribution is 5.89. The molecule has 2 saturated heterocycles. The van der Waals surface area contributed by atoms with Crippen LogP contribution in [0, 0.1) is 17.1 Å². The Morgan fingerprint density at radius 1 is 1.03 bits per heavy atom. The zero-order valence-corrected chi connectivity index (χ0v) is 17.6. The first-order chi connectivity index (χ1) is 15.1. The first-order valence-corrected chi connectivity index (χ1v) is 10.9. The molecule has 7 heteroatoms. The maximum atomic E-state index is 13.3. The normalized spacial score (nSPS) is 18.5. The fourth-order valence-corrected chi connectivity index (χ4v) is 4.50. The van der Waals surface area contributed by atoms with Crippen molar-refractivity contribution < 1.29 is 9.18 Å². The summed E-state index contributed by atoms with van der Waals surface area (Å²) in [5.41, 5.74) is 2.39. The molecule has 2 amide bonds. The third-order valence-corrected chi connectivity index (χ3v) is 6.21. The van der Waals surface area contributed by atoms with Gasteiger partial charge in [0.05, 0.1) is 11.6 Å². The maximum Gasteiger partial charge on any atom is 0.321 e. The van der Waals surface area contributed by atoms with Crippen LogP contribution in [0.5, 0.6) is 0 Å². The maximum absolute atomic E-state index is 13.3. The van der Waals surface area contributed by atoms with Crippen LogP contribution in [0.25, 0.3) is 0 Å². The summed E-state index contributed by atoms with van der Waals surface area (Å²) in [6, 6.07) is 16.4. The number of nitrogens with zero attached hydrogens (tertiary/aromatic N) is 4. The number of rotatable bonds is 4. The van der Waals surface area contributed by atoms with Crippen LogP contribution >= 0.6 is 0 Å². The Hall–Kier alpha value is -2.95. The molecule has 2 heterocycles. The van der Waals surface area contributed by atoms with Gasteiger partial charge in [-0.05, 0) is 61.8 Å². The fourth-order valence-electron chi connectivity index (χ4n) is 4.50. The van der Waals surface area contributed by atoms with Gasteiger partial charge in [-0.25, -0.2) is 9.18 Å². The first kappa shape index (κ1) is 21.3. The molecule has 0 bridgehead atoms. The Morgan fingerprint density at radius 2 is 1.77 bits per heavy atom. The van der Waals surface area contributed by atoms with E-state index in [1.54, 1.807) is 17.0 Å². The van der Waals surface area contributed by atoms with Gasteiger partial charge >= 0.3 is 6.03 Å². The number of piperazine rings is 1. The largest absolute Gasteiger partial charge is 0.322 e. The smallest absolute Gasteiger partial charge is 0.321 e. The lowest BCUT2D eigenvalue weighted by Gasteiger charge is -2.42. The molecule has 31 heavy (non-hydrogen) atoms. The highest BCUT2D eigenvalue weighted by atomic mass is 19.1. The van der Waals surface area contributed by atoms with E-state index in [0.29, 0.717) is 30.4 Å². The predicted octanol–water partition coefficient (Wildman–Crippen LogP) is 3.51. The number of nitrogens with one attached hydrogen (secondary N) is 1. The van der Waals surface area contributed by atoms with E-state index in [-0.39, 0.29) is 11.8 Å². The van der Waals surface area contributed by atoms with E-state index in [2.05, 4.69) is 27.3 Å². The van der Waals surface area contributed by atoms with Crippen molar-refractivity contribution in [1.29, 1.82) is 5.26 Å². The van der Waals surface area contributed by atoms with E-state index in [9.17, 15) is 9.18 Å². The number of carbonyl (C=O) groups is 1. The second-order valence-electron chi connectivity index (χ2n) is 8.28. The number of piperidine rings is 1. The van der Waals surface area contributed by atoms with Crippen molar-refractivity contribution in [3.8, 4) is 6.07 Å². The van der Waals surface area contributed by atoms with Gasteiger partial charge in [-0.1, -0.05) is 18.2 Å². The van der Waals surface area contributed by atoms with E-state index in [4.69, 9.17) is 5.26 Å². The summed E-state index contributed by atoms with van der Waals surface area (Å²) in [7, 11) is 0. The molecule has 0 radical (unpaired) electrons. The highest BCUT2D eigenvalue weighted by Crippen LogP contribution is 2.21. The molecule has 2 aromatic rings. The second-order valence-corrected chi connectivity index (χ2v) is 8.28. The number of hydrogen-bond donors (Lipinski definition) is 1. The summed E-state index contributed by atoms with van der Waals surface area (Å²) in [6.07, 6.45) is 2.24. The molecule has 0 unspecified atom stereocenters. The quantitative estimate of drug-likeness (QED) is 0.821. The number of amides is 2. The lowest BCUT2D eigenvalue weighted by molar-refractivity contribution is 0.0690. The molecule has 0 aliphatic carbocycles. The van der Waals surface area contributed by atoms with Gasteiger partial charge in [0.1, 0.15) is 5.82 Å². The van der Waals surface area contributed by atoms with E-state index in [0.717, 1.165) is 45.6 Å². The minimum absolute atomic E-state index is 0.167. The Bertz CT molecular complexity index is 943. The van der Waals surface area contributed by atoms with E-state index < -0.39 is 0 Å². The average Bonchev–Trinajstić information content (AvgIpc) is 2.80. The summed E-state index contributed by atoms with van der Waals surface area (Å²) >= 11 is 0. The van der Waals surface area contributed by atoms with Gasteiger partial charge in [-0.2, -0.15) is 5.26 Å². The SMILES string of the molecule is N#Cc1cccc(CN2CCC(N3CCN(C(=O)Nc4cccc(F)c4)CC3)CC2)c1. The number of benzene rings is 2. The zero-order chi connectivity index (χ0) is 21.6. The van der Waals surface area contributed by atoms with Crippen LogP contribution in [0.1, 0.15) is 24.0 Å². The predicted molar refractivity (Wildman–Crippen MR) is 118 cm³/mol. The van der Waals surface area contributed by atoms with Gasteiger partial charge in [0, 0.05) is 44.5 Å². The monoisotopic (exact) mass is 421 g/mol. The number of nitriles is 1. The molecule has 2 fully saturated rings. The molecule has 0 atom stereocenters. The molecule has 0 saturated carbocycles. The Morgan fingerprint density at radius 3 is 2.48 bits per heavy atom. The minimum atomic E-state index is -0.355. The summed E-state index contributed by atoms with van der Waals surface area (Å²) in [4.78, 5) is 19.2. The van der Waals surface area contributed by atoms with E-state index in [1.807, 2.05) is 18.2 Å². The van der Waals surface area contributed by atoms with Crippen LogP contribution in [0.3, 0.4) is 0 Å². The van der Waals surface area contributed by atoms with Gasteiger partial charge in [-0.15, -0.1) is 0 Å². The molecule has 6 nitrogen and oxygen atoms in total. The summed E-state index contributed by atoms with van der Waals surface area (Å²) in [5.74, 6) is -0.355. The fraction of sp³-hybridized carbons (Fsp3) is 0.417. The van der Waals surface area contributed by atoms with Crippen molar-refractivity contribution in [2.45, 2.75) is 25.4 Å². The van der Waals surface area contributed by atoms with Gasteiger partial charge in [0.15, 0.2) is 0 Å². The third kappa shape index (κ3) is 5.60. The summed E-state index contributed by atoms with van der Waals surface area (Å²) < 4.78 is 13.3. The zero-order valence-electron chi connectivity index (χ0n) is 17.6. The number of halogens is 1. The molecule has 2 aliphatic rings. The molecule has 0 aromatic heterocycles. The standard InChI is InChI=1S/C24H28FN5O/c25-21-5-2-6-22(16-21)27-24(31)30-13-11-29(12-14-30)23-7-9-28(10-8-23)18-20-4-1-3-19(15-20)17-26/h1-6,15-16,23H,7-14,18H2,(H,27,31). The van der Waals surface area contributed by atoms with E-state index in [1.165, 1.54) is 17.7 Å². The number of likely N-dealkylation sites (tertiary alicyclic amines) is 1. The molecule has 1 N–H and O–H groups in total. The summed E-state index contributed by atoms with van der Waals surface area (Å²) in [6.45, 7) is 6.07. The second kappa shape index (κ2) is 9.90.